The number of piperidine rings is 1. The van der Waals surface area contributed by atoms with E-state index in [4.69, 9.17) is 4.74 Å². The third-order valence-corrected chi connectivity index (χ3v) is 5.15. The van der Waals surface area contributed by atoms with Crippen LogP contribution in [-0.2, 0) is 4.74 Å². The number of aromatic nitrogens is 3. The molecule has 0 radical (unpaired) electrons. The molecule has 2 atom stereocenters. The van der Waals surface area contributed by atoms with Gasteiger partial charge in [-0.2, -0.15) is 5.10 Å². The van der Waals surface area contributed by atoms with Crippen LogP contribution in [0.3, 0.4) is 0 Å². The average molecular weight is 353 g/mol. The van der Waals surface area contributed by atoms with E-state index >= 15 is 0 Å². The fourth-order valence-electron chi connectivity index (χ4n) is 3.68. The van der Waals surface area contributed by atoms with E-state index in [1.165, 1.54) is 0 Å². The third-order valence-electron chi connectivity index (χ3n) is 5.15. The first-order chi connectivity index (χ1) is 12.7. The zero-order chi connectivity index (χ0) is 17.9. The molecule has 4 rings (SSSR count). The van der Waals surface area contributed by atoms with Gasteiger partial charge >= 0.3 is 0 Å². The monoisotopic (exact) mass is 353 g/mol. The molecule has 0 aliphatic carbocycles. The molecule has 7 nitrogen and oxygen atoms in total. The van der Waals surface area contributed by atoms with Crippen LogP contribution in [0, 0.1) is 12.8 Å². The molecule has 2 saturated heterocycles. The molecule has 2 fully saturated rings. The first kappa shape index (κ1) is 16.9. The van der Waals surface area contributed by atoms with E-state index in [1.54, 1.807) is 18.5 Å². The van der Waals surface area contributed by atoms with Crippen molar-refractivity contribution in [2.24, 2.45) is 5.92 Å². The van der Waals surface area contributed by atoms with Crippen LogP contribution < -0.4 is 4.90 Å². The van der Waals surface area contributed by atoms with Crippen molar-refractivity contribution in [3.63, 3.8) is 0 Å². The Bertz CT molecular complexity index is 752. The minimum Gasteiger partial charge on any atom is -0.374 e. The quantitative estimate of drug-likeness (QED) is 0.816. The number of amides is 1. The number of pyridine rings is 1. The van der Waals surface area contributed by atoms with E-state index in [1.807, 2.05) is 30.0 Å². The summed E-state index contributed by atoms with van der Waals surface area (Å²) in [5.74, 6) is 1.32. The Morgan fingerprint density at radius 2 is 2.12 bits per heavy atom. The smallest absolute Gasteiger partial charge is 0.255 e. The van der Waals surface area contributed by atoms with Gasteiger partial charge in [-0.1, -0.05) is 0 Å². The zero-order valence-electron chi connectivity index (χ0n) is 14.9. The molecule has 2 aliphatic heterocycles. The number of hydrogen-bond donors (Lipinski definition) is 0. The van der Waals surface area contributed by atoms with E-state index < -0.39 is 0 Å². The lowest BCUT2D eigenvalue weighted by Gasteiger charge is -2.38. The van der Waals surface area contributed by atoms with Crippen molar-refractivity contribution in [2.75, 3.05) is 37.7 Å². The number of carbonyl (C=O) groups is 1. The minimum atomic E-state index is 0.0330. The van der Waals surface area contributed by atoms with Gasteiger partial charge in [-0.3, -0.25) is 9.78 Å². The SMILES string of the molecule is Cc1ccc(N2CCO[C@H]3CN(C(=O)c4cccnc4)CC[C@H]3C2)nn1. The highest BCUT2D eigenvalue weighted by molar-refractivity contribution is 5.93. The van der Waals surface area contributed by atoms with Gasteiger partial charge in [0, 0.05) is 44.5 Å². The lowest BCUT2D eigenvalue weighted by Crippen LogP contribution is -2.49. The predicted octanol–water partition coefficient (Wildman–Crippen LogP) is 1.55. The third kappa shape index (κ3) is 3.53. The predicted molar refractivity (Wildman–Crippen MR) is 97.0 cm³/mol. The van der Waals surface area contributed by atoms with E-state index in [0.29, 0.717) is 24.6 Å². The second kappa shape index (κ2) is 7.37. The van der Waals surface area contributed by atoms with Gasteiger partial charge < -0.3 is 14.5 Å². The van der Waals surface area contributed by atoms with E-state index in [-0.39, 0.29) is 12.0 Å². The van der Waals surface area contributed by atoms with Gasteiger partial charge in [0.2, 0.25) is 0 Å². The molecule has 0 saturated carbocycles. The molecule has 0 N–H and O–H groups in total. The maximum atomic E-state index is 12.7. The topological polar surface area (TPSA) is 71.5 Å². The van der Waals surface area contributed by atoms with Gasteiger partial charge in [-0.05, 0) is 37.6 Å². The van der Waals surface area contributed by atoms with Crippen molar-refractivity contribution in [1.29, 1.82) is 0 Å². The molecule has 0 bridgehead atoms. The van der Waals surface area contributed by atoms with Crippen molar-refractivity contribution in [1.82, 2.24) is 20.1 Å². The lowest BCUT2D eigenvalue weighted by molar-refractivity contribution is -0.0169. The van der Waals surface area contributed by atoms with Crippen molar-refractivity contribution >= 4 is 11.7 Å². The van der Waals surface area contributed by atoms with Crippen LogP contribution in [0.15, 0.2) is 36.7 Å². The number of fused-ring (bicyclic) bond motifs is 1. The highest BCUT2D eigenvalue weighted by atomic mass is 16.5. The molecule has 4 heterocycles. The summed E-state index contributed by atoms with van der Waals surface area (Å²) < 4.78 is 6.10. The van der Waals surface area contributed by atoms with Gasteiger partial charge in [0.05, 0.1) is 24.0 Å². The normalized spacial score (nSPS) is 23.3. The number of carbonyl (C=O) groups excluding carboxylic acids is 1. The van der Waals surface area contributed by atoms with Crippen molar-refractivity contribution in [2.45, 2.75) is 19.4 Å². The Morgan fingerprint density at radius 1 is 1.19 bits per heavy atom. The largest absolute Gasteiger partial charge is 0.374 e. The summed E-state index contributed by atoms with van der Waals surface area (Å²) in [6.07, 6.45) is 4.29. The number of anilines is 1. The van der Waals surface area contributed by atoms with E-state index in [0.717, 1.165) is 37.6 Å². The fourth-order valence-corrected chi connectivity index (χ4v) is 3.68. The van der Waals surface area contributed by atoms with Gasteiger partial charge in [0.15, 0.2) is 5.82 Å². The van der Waals surface area contributed by atoms with Crippen LogP contribution in [0.5, 0.6) is 0 Å². The summed E-state index contributed by atoms with van der Waals surface area (Å²) in [7, 11) is 0. The number of rotatable bonds is 2. The molecule has 0 unspecified atom stereocenters. The van der Waals surface area contributed by atoms with Crippen molar-refractivity contribution < 1.29 is 9.53 Å². The van der Waals surface area contributed by atoms with Gasteiger partial charge in [0.25, 0.3) is 5.91 Å². The Kier molecular flexibility index (Phi) is 4.79. The summed E-state index contributed by atoms with van der Waals surface area (Å²) in [5, 5.41) is 8.48. The summed E-state index contributed by atoms with van der Waals surface area (Å²) in [4.78, 5) is 20.9. The van der Waals surface area contributed by atoms with Gasteiger partial charge in [-0.25, -0.2) is 0 Å². The van der Waals surface area contributed by atoms with Crippen molar-refractivity contribution in [3.8, 4) is 0 Å². The maximum absolute atomic E-state index is 12.7. The molecule has 1 amide bonds. The molecule has 2 aromatic heterocycles. The molecule has 136 valence electrons. The molecule has 2 aromatic rings. The minimum absolute atomic E-state index is 0.0330. The number of likely N-dealkylation sites (tertiary alicyclic amines) is 1. The van der Waals surface area contributed by atoms with Crippen molar-refractivity contribution in [3.05, 3.63) is 47.9 Å². The molecule has 26 heavy (non-hydrogen) atoms. The van der Waals surface area contributed by atoms with E-state index in [9.17, 15) is 4.79 Å². The van der Waals surface area contributed by atoms with Crippen LogP contribution in [0.25, 0.3) is 0 Å². The lowest BCUT2D eigenvalue weighted by atomic mass is 9.93. The van der Waals surface area contributed by atoms with E-state index in [2.05, 4.69) is 20.1 Å². The second-order valence-electron chi connectivity index (χ2n) is 6.93. The molecule has 0 aromatic carbocycles. The fraction of sp³-hybridized carbons (Fsp3) is 0.474. The number of ether oxygens (including phenoxy) is 1. The van der Waals surface area contributed by atoms with Crippen LogP contribution in [0.2, 0.25) is 0 Å². The molecule has 2 aliphatic rings. The molecule has 7 heteroatoms. The second-order valence-corrected chi connectivity index (χ2v) is 6.93. The number of hydrogen-bond acceptors (Lipinski definition) is 6. The van der Waals surface area contributed by atoms with Gasteiger partial charge in [0.1, 0.15) is 0 Å². The molecular formula is C19H23N5O2. The number of aryl methyl sites for hydroxylation is 1. The van der Waals surface area contributed by atoms with Crippen LogP contribution >= 0.6 is 0 Å². The Morgan fingerprint density at radius 3 is 2.88 bits per heavy atom. The Labute approximate surface area is 153 Å². The molecular weight excluding hydrogens is 330 g/mol. The Balaban J connectivity index is 1.43. The molecule has 0 spiro atoms. The zero-order valence-corrected chi connectivity index (χ0v) is 14.9. The summed E-state index contributed by atoms with van der Waals surface area (Å²) in [5.41, 5.74) is 1.55. The average Bonchev–Trinajstić information content (AvgIpc) is 2.90. The maximum Gasteiger partial charge on any atom is 0.255 e. The Hall–Kier alpha value is -2.54. The summed E-state index contributed by atoms with van der Waals surface area (Å²) >= 11 is 0. The first-order valence-electron chi connectivity index (χ1n) is 9.07. The van der Waals surface area contributed by atoms with Crippen LogP contribution in [0.1, 0.15) is 22.5 Å². The summed E-state index contributed by atoms with van der Waals surface area (Å²) in [6, 6.07) is 7.61. The van der Waals surface area contributed by atoms with Gasteiger partial charge in [-0.15, -0.1) is 5.10 Å². The standard InChI is InChI=1S/C19H23N5O2/c1-14-4-5-18(22-21-14)23-9-10-26-17-13-24(8-6-16(17)12-23)19(25)15-3-2-7-20-11-15/h2-5,7,11,16-17H,6,8-10,12-13H2,1H3/t16-,17-/m0/s1. The highest BCUT2D eigenvalue weighted by Gasteiger charge is 2.35. The van der Waals surface area contributed by atoms with Crippen LogP contribution in [0.4, 0.5) is 5.82 Å². The first-order valence-corrected chi connectivity index (χ1v) is 9.07. The number of nitrogens with zero attached hydrogens (tertiary/aromatic N) is 5. The summed E-state index contributed by atoms with van der Waals surface area (Å²) in [6.45, 7) is 5.62. The van der Waals surface area contributed by atoms with Crippen LogP contribution in [-0.4, -0.2) is 64.9 Å². The highest BCUT2D eigenvalue weighted by Crippen LogP contribution is 2.26.